The summed E-state index contributed by atoms with van der Waals surface area (Å²) in [7, 11) is 1.89. The Hall–Kier alpha value is -1.33. The predicted molar refractivity (Wildman–Crippen MR) is 80.6 cm³/mol. The van der Waals surface area contributed by atoms with E-state index >= 15 is 0 Å². The fourth-order valence-corrected chi connectivity index (χ4v) is 2.96. The van der Waals surface area contributed by atoms with E-state index in [4.69, 9.17) is 0 Å². The van der Waals surface area contributed by atoms with E-state index in [2.05, 4.69) is 16.8 Å². The molecule has 1 atom stereocenters. The third-order valence-corrected chi connectivity index (χ3v) is 4.43. The molecule has 0 amide bonds. The number of aryl methyl sites for hydroxylation is 1. The SMILES string of the molecule is CNC(CCc1cccs1)Cc1ccc(C(F)(F)F)cc1. The summed E-state index contributed by atoms with van der Waals surface area (Å²) in [4.78, 5) is 1.34. The molecule has 21 heavy (non-hydrogen) atoms. The van der Waals surface area contributed by atoms with Gasteiger partial charge in [-0.15, -0.1) is 11.3 Å². The zero-order valence-electron chi connectivity index (χ0n) is 11.8. The molecule has 5 heteroatoms. The molecule has 2 rings (SSSR count). The van der Waals surface area contributed by atoms with Crippen LogP contribution in [0.1, 0.15) is 22.4 Å². The van der Waals surface area contributed by atoms with Crippen molar-refractivity contribution in [1.29, 1.82) is 0 Å². The van der Waals surface area contributed by atoms with Crippen LogP contribution in [-0.4, -0.2) is 13.1 Å². The average molecular weight is 313 g/mol. The van der Waals surface area contributed by atoms with Crippen molar-refractivity contribution in [2.24, 2.45) is 0 Å². The summed E-state index contributed by atoms with van der Waals surface area (Å²) in [5.74, 6) is 0. The van der Waals surface area contributed by atoms with Crippen LogP contribution in [0.4, 0.5) is 13.2 Å². The number of hydrogen-bond donors (Lipinski definition) is 1. The molecule has 1 unspecified atom stereocenters. The number of thiophene rings is 1. The number of benzene rings is 1. The molecule has 1 heterocycles. The lowest BCUT2D eigenvalue weighted by Gasteiger charge is -2.16. The van der Waals surface area contributed by atoms with Gasteiger partial charge in [-0.05, 0) is 55.5 Å². The first kappa shape index (κ1) is 16.0. The Labute approximate surface area is 126 Å². The topological polar surface area (TPSA) is 12.0 Å². The molecule has 0 aliphatic carbocycles. The molecule has 1 aromatic heterocycles. The van der Waals surface area contributed by atoms with Crippen LogP contribution in [-0.2, 0) is 19.0 Å². The van der Waals surface area contributed by atoms with Crippen LogP contribution in [0.5, 0.6) is 0 Å². The lowest BCUT2D eigenvalue weighted by atomic mass is 10.0. The quantitative estimate of drug-likeness (QED) is 0.826. The van der Waals surface area contributed by atoms with E-state index < -0.39 is 11.7 Å². The van der Waals surface area contributed by atoms with Crippen LogP contribution >= 0.6 is 11.3 Å². The largest absolute Gasteiger partial charge is 0.416 e. The molecule has 0 saturated carbocycles. The molecule has 2 aromatic rings. The van der Waals surface area contributed by atoms with Gasteiger partial charge in [-0.2, -0.15) is 13.2 Å². The molecule has 0 aliphatic rings. The van der Waals surface area contributed by atoms with E-state index in [1.54, 1.807) is 23.5 Å². The van der Waals surface area contributed by atoms with E-state index in [9.17, 15) is 13.2 Å². The van der Waals surface area contributed by atoms with Crippen LogP contribution in [0.2, 0.25) is 0 Å². The van der Waals surface area contributed by atoms with Gasteiger partial charge in [-0.25, -0.2) is 0 Å². The Balaban J connectivity index is 1.92. The van der Waals surface area contributed by atoms with Gasteiger partial charge in [0.1, 0.15) is 0 Å². The summed E-state index contributed by atoms with van der Waals surface area (Å²) in [6.07, 6.45) is -1.57. The first-order valence-electron chi connectivity index (χ1n) is 6.85. The molecule has 0 radical (unpaired) electrons. The highest BCUT2D eigenvalue weighted by atomic mass is 32.1. The highest BCUT2D eigenvalue weighted by Crippen LogP contribution is 2.29. The fourth-order valence-electron chi connectivity index (χ4n) is 2.23. The molecular formula is C16H18F3NS. The molecular weight excluding hydrogens is 295 g/mol. The number of alkyl halides is 3. The first-order valence-corrected chi connectivity index (χ1v) is 7.73. The van der Waals surface area contributed by atoms with E-state index in [1.807, 2.05) is 13.1 Å². The van der Waals surface area contributed by atoms with Crippen LogP contribution < -0.4 is 5.32 Å². The lowest BCUT2D eigenvalue weighted by Crippen LogP contribution is -2.28. The Morgan fingerprint density at radius 1 is 1.14 bits per heavy atom. The van der Waals surface area contributed by atoms with Gasteiger partial charge in [-0.1, -0.05) is 18.2 Å². The Morgan fingerprint density at radius 3 is 2.38 bits per heavy atom. The summed E-state index contributed by atoms with van der Waals surface area (Å²) in [6.45, 7) is 0. The summed E-state index contributed by atoms with van der Waals surface area (Å²) in [5.41, 5.74) is 0.333. The van der Waals surface area contributed by atoms with Crippen LogP contribution in [0, 0.1) is 0 Å². The van der Waals surface area contributed by atoms with Gasteiger partial charge >= 0.3 is 6.18 Å². The van der Waals surface area contributed by atoms with Gasteiger partial charge in [0.05, 0.1) is 5.56 Å². The van der Waals surface area contributed by atoms with Crippen molar-refractivity contribution in [1.82, 2.24) is 5.32 Å². The maximum absolute atomic E-state index is 12.5. The Bertz CT molecular complexity index is 532. The van der Waals surface area contributed by atoms with Crippen molar-refractivity contribution in [2.45, 2.75) is 31.5 Å². The minimum absolute atomic E-state index is 0.267. The first-order chi connectivity index (χ1) is 9.99. The van der Waals surface area contributed by atoms with Gasteiger partial charge in [0, 0.05) is 10.9 Å². The highest BCUT2D eigenvalue weighted by molar-refractivity contribution is 7.09. The Morgan fingerprint density at radius 2 is 1.86 bits per heavy atom. The molecule has 1 nitrogen and oxygen atoms in total. The van der Waals surface area contributed by atoms with Crippen LogP contribution in [0.15, 0.2) is 41.8 Å². The van der Waals surface area contributed by atoms with Gasteiger partial charge in [0.15, 0.2) is 0 Å². The maximum Gasteiger partial charge on any atom is 0.416 e. The minimum Gasteiger partial charge on any atom is -0.317 e. The normalized spacial score (nSPS) is 13.3. The van der Waals surface area contributed by atoms with Crippen LogP contribution in [0.3, 0.4) is 0 Å². The standard InChI is InChI=1S/C16H18F3NS/c1-20-14(8-9-15-3-2-10-21-15)11-12-4-6-13(7-5-12)16(17,18)19/h2-7,10,14,20H,8-9,11H2,1H3. The molecule has 1 aromatic carbocycles. The van der Waals surface area contributed by atoms with E-state index in [0.29, 0.717) is 0 Å². The van der Waals surface area contributed by atoms with Crippen molar-refractivity contribution >= 4 is 11.3 Å². The number of hydrogen-bond acceptors (Lipinski definition) is 2. The second-order valence-electron chi connectivity index (χ2n) is 5.00. The zero-order valence-corrected chi connectivity index (χ0v) is 12.6. The Kier molecular flexibility index (Phi) is 5.42. The molecule has 0 saturated heterocycles. The summed E-state index contributed by atoms with van der Waals surface area (Å²) in [6, 6.07) is 9.85. The summed E-state index contributed by atoms with van der Waals surface area (Å²) >= 11 is 1.73. The molecule has 114 valence electrons. The molecule has 1 N–H and O–H groups in total. The molecule has 0 spiro atoms. The van der Waals surface area contributed by atoms with E-state index in [0.717, 1.165) is 37.0 Å². The third kappa shape index (κ3) is 4.86. The number of likely N-dealkylation sites (N-methyl/N-ethyl adjacent to an activating group) is 1. The van der Waals surface area contributed by atoms with Crippen molar-refractivity contribution in [2.75, 3.05) is 7.05 Å². The van der Waals surface area contributed by atoms with Gasteiger partial charge in [-0.3, -0.25) is 0 Å². The van der Waals surface area contributed by atoms with Gasteiger partial charge in [0.25, 0.3) is 0 Å². The lowest BCUT2D eigenvalue weighted by molar-refractivity contribution is -0.137. The summed E-state index contributed by atoms with van der Waals surface area (Å²) in [5, 5.41) is 5.30. The average Bonchev–Trinajstić information content (AvgIpc) is 2.96. The molecule has 0 fully saturated rings. The number of rotatable bonds is 6. The van der Waals surface area contributed by atoms with Crippen molar-refractivity contribution < 1.29 is 13.2 Å². The maximum atomic E-state index is 12.5. The second-order valence-corrected chi connectivity index (χ2v) is 6.03. The predicted octanol–water partition coefficient (Wildman–Crippen LogP) is 4.53. The fraction of sp³-hybridized carbons (Fsp3) is 0.375. The third-order valence-electron chi connectivity index (χ3n) is 3.49. The minimum atomic E-state index is -4.26. The summed E-state index contributed by atoms with van der Waals surface area (Å²) < 4.78 is 37.5. The zero-order chi connectivity index (χ0) is 15.3. The highest BCUT2D eigenvalue weighted by Gasteiger charge is 2.29. The van der Waals surface area contributed by atoms with E-state index in [-0.39, 0.29) is 6.04 Å². The second kappa shape index (κ2) is 7.09. The van der Waals surface area contributed by atoms with Crippen LogP contribution in [0.25, 0.3) is 0 Å². The van der Waals surface area contributed by atoms with Gasteiger partial charge in [0.2, 0.25) is 0 Å². The smallest absolute Gasteiger partial charge is 0.317 e. The number of halogens is 3. The van der Waals surface area contributed by atoms with Crippen molar-refractivity contribution in [3.63, 3.8) is 0 Å². The number of nitrogens with one attached hydrogen (secondary N) is 1. The van der Waals surface area contributed by atoms with Gasteiger partial charge < -0.3 is 5.32 Å². The van der Waals surface area contributed by atoms with Crippen molar-refractivity contribution in [3.8, 4) is 0 Å². The molecule has 0 bridgehead atoms. The molecule has 0 aliphatic heterocycles. The van der Waals surface area contributed by atoms with Crippen molar-refractivity contribution in [3.05, 3.63) is 57.8 Å². The van der Waals surface area contributed by atoms with E-state index in [1.165, 1.54) is 4.88 Å². The monoisotopic (exact) mass is 313 g/mol.